The monoisotopic (exact) mass is 256 g/mol. The van der Waals surface area contributed by atoms with E-state index in [0.717, 1.165) is 0 Å². The minimum atomic E-state index is -0.669. The van der Waals surface area contributed by atoms with Crippen molar-refractivity contribution in [1.82, 2.24) is 0 Å². The van der Waals surface area contributed by atoms with E-state index >= 15 is 0 Å². The van der Waals surface area contributed by atoms with E-state index in [1.54, 1.807) is 13.0 Å². The van der Waals surface area contributed by atoms with Crippen LogP contribution in [0.15, 0.2) is 11.6 Å². The van der Waals surface area contributed by atoms with Crippen LogP contribution in [0.4, 0.5) is 0 Å². The molecule has 1 rings (SSSR count). The Morgan fingerprint density at radius 1 is 1.39 bits per heavy atom. The van der Waals surface area contributed by atoms with Crippen molar-refractivity contribution in [3.05, 3.63) is 11.6 Å². The summed E-state index contributed by atoms with van der Waals surface area (Å²) in [4.78, 5) is 34.5. The fourth-order valence-corrected chi connectivity index (χ4v) is 1.96. The highest BCUT2D eigenvalue weighted by Gasteiger charge is 2.41. The smallest absolute Gasteiger partial charge is 0.334 e. The van der Waals surface area contributed by atoms with Crippen LogP contribution in [0.2, 0.25) is 0 Å². The van der Waals surface area contributed by atoms with Gasteiger partial charge in [-0.05, 0) is 6.92 Å². The molecule has 1 saturated heterocycles. The normalized spacial score (nSPS) is 25.5. The van der Waals surface area contributed by atoms with Gasteiger partial charge in [0.25, 0.3) is 0 Å². The van der Waals surface area contributed by atoms with E-state index in [1.807, 2.05) is 0 Å². The van der Waals surface area contributed by atoms with Crippen molar-refractivity contribution in [2.24, 2.45) is 11.8 Å². The van der Waals surface area contributed by atoms with E-state index in [2.05, 4.69) is 9.47 Å². The zero-order chi connectivity index (χ0) is 13.7. The molecule has 2 atom stereocenters. The number of hydrogen-bond acceptors (Lipinski definition) is 6. The van der Waals surface area contributed by atoms with Crippen LogP contribution in [0, 0.1) is 11.8 Å². The minimum absolute atomic E-state index is 0.0506. The molecule has 1 fully saturated rings. The summed E-state index contributed by atoms with van der Waals surface area (Å²) < 4.78 is 14.1. The molecule has 1 aliphatic heterocycles. The fourth-order valence-electron chi connectivity index (χ4n) is 1.96. The van der Waals surface area contributed by atoms with Gasteiger partial charge in [0.15, 0.2) is 0 Å². The lowest BCUT2D eigenvalue weighted by atomic mass is 9.81. The Kier molecular flexibility index (Phi) is 4.88. The third-order valence-electron chi connectivity index (χ3n) is 2.94. The Morgan fingerprint density at radius 2 is 2.06 bits per heavy atom. The summed E-state index contributed by atoms with van der Waals surface area (Å²) in [5.41, 5.74) is 0.307. The van der Waals surface area contributed by atoms with Gasteiger partial charge in [0.2, 0.25) is 0 Å². The molecule has 0 aromatic heterocycles. The molecule has 0 radical (unpaired) electrons. The van der Waals surface area contributed by atoms with E-state index < -0.39 is 29.7 Å². The quantitative estimate of drug-likeness (QED) is 0.414. The number of carbonyl (C=O) groups excluding carboxylic acids is 3. The predicted octanol–water partition coefficient (Wildman–Crippen LogP) is 0.458. The maximum absolute atomic E-state index is 11.6. The summed E-state index contributed by atoms with van der Waals surface area (Å²) in [6, 6.07) is 0. The van der Waals surface area contributed by atoms with Gasteiger partial charge in [-0.1, -0.05) is 6.08 Å². The van der Waals surface area contributed by atoms with Gasteiger partial charge in [-0.25, -0.2) is 4.79 Å². The Bertz CT molecular complexity index is 384. The number of rotatable bonds is 3. The maximum Gasteiger partial charge on any atom is 0.334 e. The number of methoxy groups -OCH3 is 2. The van der Waals surface area contributed by atoms with E-state index in [-0.39, 0.29) is 13.0 Å². The lowest BCUT2D eigenvalue weighted by Gasteiger charge is -2.30. The summed E-state index contributed by atoms with van der Waals surface area (Å²) >= 11 is 0. The lowest BCUT2D eigenvalue weighted by molar-refractivity contribution is -0.159. The number of carbonyl (C=O) groups is 3. The fraction of sp³-hybridized carbons (Fsp3) is 0.583. The number of hydrogen-bond donors (Lipinski definition) is 0. The Balaban J connectivity index is 2.99. The van der Waals surface area contributed by atoms with Crippen molar-refractivity contribution in [3.8, 4) is 0 Å². The van der Waals surface area contributed by atoms with Gasteiger partial charge < -0.3 is 14.2 Å². The first kappa shape index (κ1) is 14.2. The van der Waals surface area contributed by atoms with E-state index in [4.69, 9.17) is 4.74 Å². The first-order valence-corrected chi connectivity index (χ1v) is 5.53. The van der Waals surface area contributed by atoms with Crippen LogP contribution in [0.25, 0.3) is 0 Å². The summed E-state index contributed by atoms with van der Waals surface area (Å²) in [6.07, 6.45) is 1.50. The molecule has 1 heterocycles. The molecule has 1 aliphatic rings. The van der Waals surface area contributed by atoms with E-state index in [9.17, 15) is 14.4 Å². The van der Waals surface area contributed by atoms with Crippen LogP contribution in [-0.2, 0) is 28.6 Å². The molecule has 6 nitrogen and oxygen atoms in total. The molecule has 0 saturated carbocycles. The summed E-state index contributed by atoms with van der Waals surface area (Å²) in [5.74, 6) is -2.72. The van der Waals surface area contributed by atoms with Crippen LogP contribution in [0.3, 0.4) is 0 Å². The van der Waals surface area contributed by atoms with Gasteiger partial charge in [-0.3, -0.25) is 9.59 Å². The molecule has 18 heavy (non-hydrogen) atoms. The summed E-state index contributed by atoms with van der Waals surface area (Å²) in [6.45, 7) is 1.57. The van der Waals surface area contributed by atoms with Crippen molar-refractivity contribution in [1.29, 1.82) is 0 Å². The molecule has 0 aliphatic carbocycles. The first-order valence-electron chi connectivity index (χ1n) is 5.53. The van der Waals surface area contributed by atoms with Gasteiger partial charge in [-0.15, -0.1) is 0 Å². The molecule has 0 N–H and O–H groups in total. The highest BCUT2D eigenvalue weighted by Crippen LogP contribution is 2.31. The molecular weight excluding hydrogens is 240 g/mol. The topological polar surface area (TPSA) is 78.9 Å². The third-order valence-corrected chi connectivity index (χ3v) is 2.94. The van der Waals surface area contributed by atoms with Crippen molar-refractivity contribution in [2.75, 3.05) is 20.8 Å². The van der Waals surface area contributed by atoms with Crippen molar-refractivity contribution < 1.29 is 28.6 Å². The second-order valence-corrected chi connectivity index (χ2v) is 3.86. The Morgan fingerprint density at radius 3 is 2.56 bits per heavy atom. The predicted molar refractivity (Wildman–Crippen MR) is 60.3 cm³/mol. The van der Waals surface area contributed by atoms with Crippen LogP contribution in [-0.4, -0.2) is 38.7 Å². The van der Waals surface area contributed by atoms with E-state index in [1.165, 1.54) is 14.2 Å². The molecule has 100 valence electrons. The van der Waals surface area contributed by atoms with E-state index in [0.29, 0.717) is 5.57 Å². The second-order valence-electron chi connectivity index (χ2n) is 3.86. The van der Waals surface area contributed by atoms with Crippen molar-refractivity contribution in [3.63, 3.8) is 0 Å². The Labute approximate surface area is 105 Å². The minimum Gasteiger partial charge on any atom is -0.469 e. The summed E-state index contributed by atoms with van der Waals surface area (Å²) in [5, 5.41) is 0. The molecule has 0 aromatic carbocycles. The van der Waals surface area contributed by atoms with Crippen molar-refractivity contribution in [2.45, 2.75) is 13.3 Å². The van der Waals surface area contributed by atoms with Crippen LogP contribution in [0.1, 0.15) is 13.3 Å². The highest BCUT2D eigenvalue weighted by atomic mass is 16.5. The number of esters is 3. The zero-order valence-corrected chi connectivity index (χ0v) is 10.6. The first-order chi connectivity index (χ1) is 8.54. The van der Waals surface area contributed by atoms with Crippen LogP contribution < -0.4 is 0 Å². The van der Waals surface area contributed by atoms with Crippen LogP contribution in [0.5, 0.6) is 0 Å². The molecule has 0 amide bonds. The zero-order valence-electron chi connectivity index (χ0n) is 10.6. The molecular formula is C12H16O6. The Hall–Kier alpha value is -1.85. The third kappa shape index (κ3) is 2.88. The van der Waals surface area contributed by atoms with Crippen LogP contribution >= 0.6 is 0 Å². The van der Waals surface area contributed by atoms with Gasteiger partial charge in [-0.2, -0.15) is 0 Å². The molecule has 0 bridgehead atoms. The highest BCUT2D eigenvalue weighted by molar-refractivity contribution is 5.93. The number of cyclic esters (lactones) is 1. The SMILES string of the molecule is CC=C1C(=O)OCC(C(=O)OC)C1CC(=O)OC. The number of allylic oxidation sites excluding steroid dienone is 1. The largest absolute Gasteiger partial charge is 0.469 e. The van der Waals surface area contributed by atoms with Gasteiger partial charge in [0.1, 0.15) is 6.61 Å². The summed E-state index contributed by atoms with van der Waals surface area (Å²) in [7, 11) is 2.51. The standard InChI is InChI=1S/C12H16O6/c1-4-7-8(5-10(13)16-2)9(11(14)17-3)6-18-12(7)15/h4,8-9H,5-6H2,1-3H3. The second kappa shape index (κ2) is 6.18. The van der Waals surface area contributed by atoms with Gasteiger partial charge in [0, 0.05) is 11.5 Å². The van der Waals surface area contributed by atoms with Gasteiger partial charge in [0.05, 0.1) is 26.6 Å². The average Bonchev–Trinajstić information content (AvgIpc) is 2.38. The maximum atomic E-state index is 11.6. The molecule has 0 spiro atoms. The lowest BCUT2D eigenvalue weighted by Crippen LogP contribution is -2.39. The van der Waals surface area contributed by atoms with Gasteiger partial charge >= 0.3 is 17.9 Å². The molecule has 0 aromatic rings. The average molecular weight is 256 g/mol. The molecule has 6 heteroatoms. The van der Waals surface area contributed by atoms with Crippen molar-refractivity contribution >= 4 is 17.9 Å². The number of ether oxygens (including phenoxy) is 3. The molecule has 2 unspecified atom stereocenters.